The highest BCUT2D eigenvalue weighted by Gasteiger charge is 2.20. The molecule has 0 spiro atoms. The highest BCUT2D eigenvalue weighted by Crippen LogP contribution is 2.24. The number of hydrogen-bond donors (Lipinski definition) is 0. The predicted octanol–water partition coefficient (Wildman–Crippen LogP) is 1.79. The molecule has 2 heterocycles. The van der Waals surface area contributed by atoms with E-state index in [4.69, 9.17) is 27.9 Å². The maximum absolute atomic E-state index is 6.05. The topological polar surface area (TPSA) is 38.2 Å². The number of aromatic nitrogens is 2. The van der Waals surface area contributed by atoms with Crippen molar-refractivity contribution in [3.63, 3.8) is 0 Å². The number of rotatable bonds is 3. The summed E-state index contributed by atoms with van der Waals surface area (Å²) in [4.78, 5) is 10.4. The molecule has 0 bridgehead atoms. The summed E-state index contributed by atoms with van der Waals surface area (Å²) in [5.74, 6) is 0. The van der Waals surface area contributed by atoms with Crippen LogP contribution < -0.4 is 0 Å². The van der Waals surface area contributed by atoms with Crippen molar-refractivity contribution < 1.29 is 4.74 Å². The monoisotopic (exact) mass is 261 g/mol. The van der Waals surface area contributed by atoms with Crippen LogP contribution >= 0.6 is 23.2 Å². The van der Waals surface area contributed by atoms with Crippen LogP contribution in [-0.2, 0) is 17.7 Å². The van der Waals surface area contributed by atoms with Crippen molar-refractivity contribution in [3.8, 4) is 0 Å². The maximum atomic E-state index is 6.05. The van der Waals surface area contributed by atoms with Crippen LogP contribution in [0, 0.1) is 0 Å². The van der Waals surface area contributed by atoms with E-state index in [1.54, 1.807) is 7.11 Å². The molecular weight excluding hydrogens is 249 g/mol. The Balaban J connectivity index is 2.14. The van der Waals surface area contributed by atoms with Gasteiger partial charge in [0.2, 0.25) is 5.28 Å². The third-order valence-corrected chi connectivity index (χ3v) is 3.15. The fourth-order valence-electron chi connectivity index (χ4n) is 1.81. The molecule has 2 rings (SSSR count). The normalized spacial score (nSPS) is 16.2. The van der Waals surface area contributed by atoms with E-state index in [9.17, 15) is 0 Å². The number of hydrogen-bond acceptors (Lipinski definition) is 4. The molecule has 0 saturated heterocycles. The second-order valence-corrected chi connectivity index (χ2v) is 4.42. The second-order valence-electron chi connectivity index (χ2n) is 3.73. The quantitative estimate of drug-likeness (QED) is 0.615. The van der Waals surface area contributed by atoms with Crippen LogP contribution in [0.15, 0.2) is 0 Å². The Morgan fingerprint density at radius 3 is 2.94 bits per heavy atom. The van der Waals surface area contributed by atoms with Gasteiger partial charge in [0.1, 0.15) is 5.15 Å². The van der Waals surface area contributed by atoms with E-state index in [-0.39, 0.29) is 5.28 Å². The lowest BCUT2D eigenvalue weighted by molar-refractivity contribution is 0.140. The minimum Gasteiger partial charge on any atom is -0.383 e. The highest BCUT2D eigenvalue weighted by molar-refractivity contribution is 6.32. The van der Waals surface area contributed by atoms with Gasteiger partial charge in [-0.1, -0.05) is 11.6 Å². The van der Waals surface area contributed by atoms with E-state index in [0.29, 0.717) is 5.15 Å². The van der Waals surface area contributed by atoms with Crippen molar-refractivity contribution in [1.82, 2.24) is 14.9 Å². The Morgan fingerprint density at radius 1 is 1.38 bits per heavy atom. The van der Waals surface area contributed by atoms with Gasteiger partial charge in [0.25, 0.3) is 0 Å². The third-order valence-electron chi connectivity index (χ3n) is 2.67. The van der Waals surface area contributed by atoms with Crippen LogP contribution in [-0.4, -0.2) is 41.7 Å². The smallest absolute Gasteiger partial charge is 0.224 e. The highest BCUT2D eigenvalue weighted by atomic mass is 35.5. The summed E-state index contributed by atoms with van der Waals surface area (Å²) in [6, 6.07) is 0. The summed E-state index contributed by atoms with van der Waals surface area (Å²) in [5, 5.41) is 0.700. The van der Waals surface area contributed by atoms with Crippen LogP contribution in [0.3, 0.4) is 0 Å². The summed E-state index contributed by atoms with van der Waals surface area (Å²) in [6.45, 7) is 3.35. The van der Waals surface area contributed by atoms with Crippen LogP contribution in [0.25, 0.3) is 0 Å². The summed E-state index contributed by atoms with van der Waals surface area (Å²) in [6.07, 6.45) is 0.862. The molecule has 0 N–H and O–H groups in total. The average molecular weight is 262 g/mol. The molecule has 0 aromatic carbocycles. The molecule has 1 aromatic heterocycles. The Kier molecular flexibility index (Phi) is 3.97. The van der Waals surface area contributed by atoms with Crippen molar-refractivity contribution in [2.75, 3.05) is 26.8 Å². The van der Waals surface area contributed by atoms with Crippen molar-refractivity contribution in [3.05, 3.63) is 21.7 Å². The van der Waals surface area contributed by atoms with E-state index >= 15 is 0 Å². The van der Waals surface area contributed by atoms with Crippen LogP contribution in [0.2, 0.25) is 10.4 Å². The zero-order valence-electron chi connectivity index (χ0n) is 9.04. The van der Waals surface area contributed by atoms with Gasteiger partial charge in [-0.3, -0.25) is 4.90 Å². The Bertz CT molecular complexity index is 387. The summed E-state index contributed by atoms with van der Waals surface area (Å²) >= 11 is 11.8. The van der Waals surface area contributed by atoms with Gasteiger partial charge in [0, 0.05) is 38.7 Å². The van der Waals surface area contributed by atoms with Crippen molar-refractivity contribution >= 4 is 23.2 Å². The Hall–Kier alpha value is -0.420. The molecule has 88 valence electrons. The number of halogens is 2. The Labute approximate surface area is 105 Å². The van der Waals surface area contributed by atoms with Crippen LogP contribution in [0.5, 0.6) is 0 Å². The molecular formula is C10H13Cl2N3O. The average Bonchev–Trinajstić information content (AvgIpc) is 2.26. The number of ether oxygens (including phenoxy) is 1. The van der Waals surface area contributed by atoms with Gasteiger partial charge in [-0.15, -0.1) is 0 Å². The van der Waals surface area contributed by atoms with Gasteiger partial charge in [0.05, 0.1) is 12.3 Å². The zero-order chi connectivity index (χ0) is 11.5. The molecule has 0 aliphatic carbocycles. The largest absolute Gasteiger partial charge is 0.383 e. The van der Waals surface area contributed by atoms with Crippen LogP contribution in [0.1, 0.15) is 11.3 Å². The minimum absolute atomic E-state index is 0.231. The van der Waals surface area contributed by atoms with Gasteiger partial charge >= 0.3 is 0 Å². The van der Waals surface area contributed by atoms with Gasteiger partial charge in [-0.2, -0.15) is 0 Å². The lowest BCUT2D eigenvalue weighted by Gasteiger charge is -2.27. The molecule has 0 fully saturated rings. The predicted molar refractivity (Wildman–Crippen MR) is 62.9 cm³/mol. The molecule has 0 saturated carbocycles. The summed E-state index contributed by atoms with van der Waals surface area (Å²) in [5.41, 5.74) is 1.96. The third kappa shape index (κ3) is 2.63. The SMILES string of the molecule is COCCN1CCc2nc(Cl)nc(Cl)c2C1. The number of nitrogens with zero attached hydrogens (tertiary/aromatic N) is 3. The van der Waals surface area contributed by atoms with Gasteiger partial charge in [0.15, 0.2) is 0 Å². The van der Waals surface area contributed by atoms with E-state index in [1.165, 1.54) is 0 Å². The number of fused-ring (bicyclic) bond motifs is 1. The minimum atomic E-state index is 0.231. The van der Waals surface area contributed by atoms with Crippen molar-refractivity contribution in [2.45, 2.75) is 13.0 Å². The van der Waals surface area contributed by atoms with Gasteiger partial charge < -0.3 is 4.74 Å². The molecule has 0 atom stereocenters. The molecule has 1 aromatic rings. The molecule has 1 aliphatic heterocycles. The van der Waals surface area contributed by atoms with E-state index in [2.05, 4.69) is 14.9 Å². The lowest BCUT2D eigenvalue weighted by Crippen LogP contribution is -2.34. The molecule has 6 heteroatoms. The molecule has 4 nitrogen and oxygen atoms in total. The zero-order valence-corrected chi connectivity index (χ0v) is 10.6. The lowest BCUT2D eigenvalue weighted by atomic mass is 10.1. The van der Waals surface area contributed by atoms with E-state index < -0.39 is 0 Å². The number of methoxy groups -OCH3 is 1. The Morgan fingerprint density at radius 2 is 2.19 bits per heavy atom. The molecule has 0 amide bonds. The maximum Gasteiger partial charge on any atom is 0.224 e. The summed E-state index contributed by atoms with van der Waals surface area (Å²) in [7, 11) is 1.70. The molecule has 0 unspecified atom stereocenters. The first-order chi connectivity index (χ1) is 7.70. The fourth-order valence-corrected chi connectivity index (χ4v) is 2.29. The van der Waals surface area contributed by atoms with E-state index in [1.807, 2.05) is 0 Å². The van der Waals surface area contributed by atoms with E-state index in [0.717, 1.165) is 43.9 Å². The van der Waals surface area contributed by atoms with Crippen molar-refractivity contribution in [2.24, 2.45) is 0 Å². The van der Waals surface area contributed by atoms with Gasteiger partial charge in [-0.25, -0.2) is 9.97 Å². The first kappa shape index (κ1) is 12.0. The standard InChI is InChI=1S/C10H13Cl2N3O/c1-16-5-4-15-3-2-8-7(6-15)9(11)14-10(12)13-8/h2-6H2,1H3. The first-order valence-corrected chi connectivity index (χ1v) is 5.88. The second kappa shape index (κ2) is 5.27. The molecule has 0 radical (unpaired) electrons. The first-order valence-electron chi connectivity index (χ1n) is 5.13. The van der Waals surface area contributed by atoms with Gasteiger partial charge in [-0.05, 0) is 11.6 Å². The summed E-state index contributed by atoms with van der Waals surface area (Å²) < 4.78 is 5.05. The fraction of sp³-hybridized carbons (Fsp3) is 0.600. The molecule has 16 heavy (non-hydrogen) atoms. The van der Waals surface area contributed by atoms with Crippen LogP contribution in [0.4, 0.5) is 0 Å². The molecule has 1 aliphatic rings. The van der Waals surface area contributed by atoms with Crippen molar-refractivity contribution in [1.29, 1.82) is 0 Å².